The third kappa shape index (κ3) is 2.17. The van der Waals surface area contributed by atoms with Crippen LogP contribution in [0.2, 0.25) is 0 Å². The fraction of sp³-hybridized carbons (Fsp3) is 0.143. The highest BCUT2D eigenvalue weighted by atomic mass is 16.6. The van der Waals surface area contributed by atoms with Crippen LogP contribution < -0.4 is 11.3 Å². The molecule has 0 radical (unpaired) electrons. The van der Waals surface area contributed by atoms with Crippen molar-refractivity contribution < 1.29 is 14.5 Å². The average Bonchev–Trinajstić information content (AvgIpc) is 2.27. The second-order valence-corrected chi connectivity index (χ2v) is 2.48. The molecule has 1 aromatic heterocycles. The number of pyridine rings is 1. The fourth-order valence-corrected chi connectivity index (χ4v) is 0.933. The first-order chi connectivity index (χ1) is 7.10. The van der Waals surface area contributed by atoms with Crippen molar-refractivity contribution in [3.63, 3.8) is 0 Å². The van der Waals surface area contributed by atoms with Crippen molar-refractivity contribution in [1.82, 2.24) is 4.98 Å². The van der Waals surface area contributed by atoms with Crippen LogP contribution >= 0.6 is 0 Å². The smallest absolute Gasteiger partial charge is 0.339 e. The number of methoxy groups -OCH3 is 1. The number of hydrazine groups is 1. The molecular formula is C7H8N4O4. The van der Waals surface area contributed by atoms with E-state index >= 15 is 0 Å². The molecule has 1 aromatic rings. The van der Waals surface area contributed by atoms with E-state index in [-0.39, 0.29) is 17.1 Å². The number of nitrogens with one attached hydrogen (secondary N) is 1. The Kier molecular flexibility index (Phi) is 3.13. The number of anilines is 1. The van der Waals surface area contributed by atoms with Crippen LogP contribution in [0.15, 0.2) is 12.3 Å². The number of nitro groups is 1. The molecule has 0 aliphatic heterocycles. The summed E-state index contributed by atoms with van der Waals surface area (Å²) in [6.45, 7) is 0. The third-order valence-electron chi connectivity index (χ3n) is 1.62. The molecular weight excluding hydrogens is 204 g/mol. The lowest BCUT2D eigenvalue weighted by Gasteiger charge is -2.02. The molecule has 3 N–H and O–H groups in total. The van der Waals surface area contributed by atoms with Crippen molar-refractivity contribution in [3.05, 3.63) is 27.9 Å². The Balaban J connectivity index is 3.22. The lowest BCUT2D eigenvalue weighted by molar-refractivity contribution is -0.384. The summed E-state index contributed by atoms with van der Waals surface area (Å²) in [6, 6.07) is 1.04. The van der Waals surface area contributed by atoms with Gasteiger partial charge in [-0.25, -0.2) is 15.6 Å². The van der Waals surface area contributed by atoms with Gasteiger partial charge in [-0.1, -0.05) is 0 Å². The lowest BCUT2D eigenvalue weighted by Crippen LogP contribution is -2.12. The molecule has 0 aliphatic rings. The molecule has 0 saturated carbocycles. The molecule has 0 amide bonds. The Morgan fingerprint density at radius 2 is 2.40 bits per heavy atom. The van der Waals surface area contributed by atoms with Crippen LogP contribution in [-0.2, 0) is 4.74 Å². The Morgan fingerprint density at radius 3 is 2.87 bits per heavy atom. The van der Waals surface area contributed by atoms with Gasteiger partial charge in [0, 0.05) is 12.3 Å². The predicted octanol–water partition coefficient (Wildman–Crippen LogP) is 0.0620. The van der Waals surface area contributed by atoms with E-state index in [9.17, 15) is 14.9 Å². The summed E-state index contributed by atoms with van der Waals surface area (Å²) in [7, 11) is 1.17. The van der Waals surface area contributed by atoms with Gasteiger partial charge in [0.2, 0.25) is 5.82 Å². The van der Waals surface area contributed by atoms with Crippen LogP contribution in [0.5, 0.6) is 0 Å². The SMILES string of the molecule is COC(=O)c1cnc(NN)c([N+](=O)[O-])c1. The number of hydrogen-bond donors (Lipinski definition) is 2. The van der Waals surface area contributed by atoms with Crippen LogP contribution in [0.25, 0.3) is 0 Å². The van der Waals surface area contributed by atoms with Gasteiger partial charge in [0.1, 0.15) is 0 Å². The predicted molar refractivity (Wildman–Crippen MR) is 50.0 cm³/mol. The summed E-state index contributed by atoms with van der Waals surface area (Å²) >= 11 is 0. The highest BCUT2D eigenvalue weighted by molar-refractivity contribution is 5.90. The Morgan fingerprint density at radius 1 is 1.73 bits per heavy atom. The van der Waals surface area contributed by atoms with E-state index in [4.69, 9.17) is 5.84 Å². The third-order valence-corrected chi connectivity index (χ3v) is 1.62. The van der Waals surface area contributed by atoms with Crippen LogP contribution in [0, 0.1) is 10.1 Å². The molecule has 8 nitrogen and oxygen atoms in total. The van der Waals surface area contributed by atoms with Crippen LogP contribution in [-0.4, -0.2) is 23.0 Å². The summed E-state index contributed by atoms with van der Waals surface area (Å²) in [4.78, 5) is 24.5. The quantitative estimate of drug-likeness (QED) is 0.314. The number of carbonyl (C=O) groups excluding carboxylic acids is 1. The number of carbonyl (C=O) groups is 1. The molecule has 0 unspecified atom stereocenters. The topological polar surface area (TPSA) is 120 Å². The number of esters is 1. The Labute approximate surface area is 84.2 Å². The highest BCUT2D eigenvalue weighted by Crippen LogP contribution is 2.21. The van der Waals surface area contributed by atoms with Gasteiger partial charge in [-0.2, -0.15) is 0 Å². The number of aromatic nitrogens is 1. The summed E-state index contributed by atoms with van der Waals surface area (Å²) in [5.41, 5.74) is 1.66. The van der Waals surface area contributed by atoms with E-state index in [0.717, 1.165) is 12.3 Å². The molecule has 1 heterocycles. The van der Waals surface area contributed by atoms with Gasteiger partial charge in [-0.05, 0) is 0 Å². The van der Waals surface area contributed by atoms with Crippen molar-refractivity contribution in [3.8, 4) is 0 Å². The minimum atomic E-state index is -0.700. The molecule has 0 aliphatic carbocycles. The summed E-state index contributed by atoms with van der Waals surface area (Å²) in [5, 5.41) is 10.6. The van der Waals surface area contributed by atoms with Crippen LogP contribution in [0.3, 0.4) is 0 Å². The summed E-state index contributed by atoms with van der Waals surface area (Å²) < 4.78 is 4.39. The van der Waals surface area contributed by atoms with Gasteiger partial charge < -0.3 is 10.2 Å². The first-order valence-corrected chi connectivity index (χ1v) is 3.79. The van der Waals surface area contributed by atoms with Crippen LogP contribution in [0.4, 0.5) is 11.5 Å². The Bertz CT molecular complexity index is 406. The Hall–Kier alpha value is -2.22. The first kappa shape index (κ1) is 10.9. The van der Waals surface area contributed by atoms with E-state index in [1.54, 1.807) is 0 Å². The highest BCUT2D eigenvalue weighted by Gasteiger charge is 2.18. The first-order valence-electron chi connectivity index (χ1n) is 3.79. The van der Waals surface area contributed by atoms with Gasteiger partial charge in [-0.15, -0.1) is 0 Å². The minimum Gasteiger partial charge on any atom is -0.465 e. The maximum Gasteiger partial charge on any atom is 0.339 e. The zero-order valence-corrected chi connectivity index (χ0v) is 7.76. The largest absolute Gasteiger partial charge is 0.465 e. The van der Waals surface area contributed by atoms with Gasteiger partial charge in [0.05, 0.1) is 17.6 Å². The maximum atomic E-state index is 11.1. The van der Waals surface area contributed by atoms with Gasteiger partial charge in [0.15, 0.2) is 0 Å². The van der Waals surface area contributed by atoms with E-state index in [2.05, 4.69) is 15.1 Å². The average molecular weight is 212 g/mol. The molecule has 1 rings (SSSR count). The van der Waals surface area contributed by atoms with Crippen molar-refractivity contribution >= 4 is 17.5 Å². The number of nitrogens with zero attached hydrogens (tertiary/aromatic N) is 2. The van der Waals surface area contributed by atoms with E-state index < -0.39 is 10.9 Å². The fourth-order valence-electron chi connectivity index (χ4n) is 0.933. The standard InChI is InChI=1S/C7H8N4O4/c1-15-7(12)4-2-5(11(13)14)6(10-8)9-3-4/h2-3H,8H2,1H3,(H,9,10). The molecule has 8 heteroatoms. The molecule has 0 atom stereocenters. The van der Waals surface area contributed by atoms with E-state index in [1.807, 2.05) is 0 Å². The van der Waals surface area contributed by atoms with Gasteiger partial charge in [0.25, 0.3) is 0 Å². The molecule has 0 bridgehead atoms. The molecule has 15 heavy (non-hydrogen) atoms. The molecule has 80 valence electrons. The maximum absolute atomic E-state index is 11.1. The summed E-state index contributed by atoms with van der Waals surface area (Å²) in [6.07, 6.45) is 1.13. The van der Waals surface area contributed by atoms with E-state index in [0.29, 0.717) is 0 Å². The lowest BCUT2D eigenvalue weighted by atomic mass is 10.2. The number of nitrogens with two attached hydrogens (primary N) is 1. The summed E-state index contributed by atoms with van der Waals surface area (Å²) in [5.74, 6) is 4.20. The van der Waals surface area contributed by atoms with Crippen LogP contribution in [0.1, 0.15) is 10.4 Å². The molecule has 0 saturated heterocycles. The van der Waals surface area contributed by atoms with Crippen molar-refractivity contribution in [1.29, 1.82) is 0 Å². The zero-order chi connectivity index (χ0) is 11.4. The zero-order valence-electron chi connectivity index (χ0n) is 7.76. The van der Waals surface area contributed by atoms with E-state index in [1.165, 1.54) is 7.11 Å². The number of nitrogen functional groups attached to an aromatic ring is 1. The van der Waals surface area contributed by atoms with Gasteiger partial charge in [-0.3, -0.25) is 10.1 Å². The number of rotatable bonds is 3. The number of hydrogen-bond acceptors (Lipinski definition) is 7. The van der Waals surface area contributed by atoms with Crippen molar-refractivity contribution in [2.75, 3.05) is 12.5 Å². The normalized spacial score (nSPS) is 9.47. The van der Waals surface area contributed by atoms with Gasteiger partial charge >= 0.3 is 11.7 Å². The molecule has 0 fully saturated rings. The molecule has 0 aromatic carbocycles. The van der Waals surface area contributed by atoms with Crippen molar-refractivity contribution in [2.45, 2.75) is 0 Å². The second-order valence-electron chi connectivity index (χ2n) is 2.48. The second kappa shape index (κ2) is 4.33. The minimum absolute atomic E-state index is 0.0109. The monoisotopic (exact) mass is 212 g/mol. The number of ether oxygens (including phenoxy) is 1. The van der Waals surface area contributed by atoms with Crippen molar-refractivity contribution in [2.24, 2.45) is 5.84 Å². The molecule has 0 spiro atoms.